The van der Waals surface area contributed by atoms with E-state index in [2.05, 4.69) is 30.1 Å². The van der Waals surface area contributed by atoms with Gasteiger partial charge >= 0.3 is 12.1 Å². The van der Waals surface area contributed by atoms with Crippen molar-refractivity contribution in [1.82, 2.24) is 31.1 Å². The largest absolute Gasteiger partial charge is 0.493 e. The van der Waals surface area contributed by atoms with E-state index in [1.54, 1.807) is 5.48 Å². The van der Waals surface area contributed by atoms with Gasteiger partial charge in [0.15, 0.2) is 24.0 Å². The lowest BCUT2D eigenvalue weighted by Gasteiger charge is -2.10. The van der Waals surface area contributed by atoms with Gasteiger partial charge in [-0.05, 0) is 23.4 Å². The minimum Gasteiger partial charge on any atom is -0.395 e. The molecule has 3 N–H and O–H groups in total. The highest BCUT2D eigenvalue weighted by Gasteiger charge is 2.45. The second-order valence-electron chi connectivity index (χ2n) is 6.19. The summed E-state index contributed by atoms with van der Waals surface area (Å²) in [7, 11) is 0. The maximum atomic E-state index is 13.4. The van der Waals surface area contributed by atoms with E-state index in [1.165, 1.54) is 10.0 Å². The molecule has 2 unspecified atom stereocenters. The highest BCUT2D eigenvalue weighted by molar-refractivity contribution is 6.31. The Morgan fingerprint density at radius 2 is 2.18 bits per heavy atom. The third-order valence-corrected chi connectivity index (χ3v) is 4.31. The van der Waals surface area contributed by atoms with E-state index in [0.717, 1.165) is 18.2 Å². The van der Waals surface area contributed by atoms with E-state index in [-0.39, 0.29) is 41.8 Å². The van der Waals surface area contributed by atoms with Crippen molar-refractivity contribution in [3.63, 3.8) is 0 Å². The van der Waals surface area contributed by atoms with Crippen LogP contribution in [0.1, 0.15) is 11.4 Å². The maximum Gasteiger partial charge on any atom is 0.493 e. The second-order valence-corrected chi connectivity index (χ2v) is 6.60. The molecule has 1 fully saturated rings. The molecule has 12 nitrogen and oxygen atoms in total. The fourth-order valence-electron chi connectivity index (χ4n) is 2.49. The van der Waals surface area contributed by atoms with Crippen LogP contribution in [0.15, 0.2) is 27.8 Å². The molecule has 1 aromatic heterocycles. The number of alkyl halides is 3. The van der Waals surface area contributed by atoms with Gasteiger partial charge in [0.25, 0.3) is 0 Å². The molecule has 0 spiro atoms. The molecule has 0 aliphatic carbocycles. The molecule has 1 aliphatic rings. The minimum absolute atomic E-state index is 0.00579. The first kappa shape index (κ1) is 24.1. The van der Waals surface area contributed by atoms with Gasteiger partial charge in [-0.25, -0.2) is 23.8 Å². The molecule has 0 saturated carbocycles. The zero-order valence-corrected chi connectivity index (χ0v) is 16.9. The fraction of sp³-hybridized carbons (Fsp3) is 0.312. The van der Waals surface area contributed by atoms with Crippen LogP contribution in [-0.2, 0) is 16.2 Å². The second kappa shape index (κ2) is 9.95. The molecule has 0 radical (unpaired) electrons. The first-order chi connectivity index (χ1) is 15.7. The number of hydroxylamine groups is 1. The van der Waals surface area contributed by atoms with E-state index in [0.29, 0.717) is 0 Å². The molecule has 1 aliphatic heterocycles. The highest BCUT2D eigenvalue weighted by Crippen LogP contribution is 2.24. The van der Waals surface area contributed by atoms with E-state index in [4.69, 9.17) is 22.0 Å². The van der Waals surface area contributed by atoms with Crippen LogP contribution in [-0.4, -0.2) is 62.9 Å². The summed E-state index contributed by atoms with van der Waals surface area (Å²) in [6, 6.07) is 3.18. The summed E-state index contributed by atoms with van der Waals surface area (Å²) >= 11 is 5.69. The quantitative estimate of drug-likeness (QED) is 0.126. The number of halogens is 5. The molecule has 33 heavy (non-hydrogen) atoms. The summed E-state index contributed by atoms with van der Waals surface area (Å²) in [4.78, 5) is 19.1. The standard InChI is InChI=1S/C16H13ClF4N8O4/c17-9-5-8(1-2-10(9)18)24-13(27-32-14(31)16(19,20)21)12-11(25-33-26-12)6-23-15-28(3-4-30)29(15)7-22/h1-2,5,15,23,30H,3-4,6H2,(H,24,27). The molecule has 3 rings (SSSR count). The molecule has 0 amide bonds. The van der Waals surface area contributed by atoms with Crippen molar-refractivity contribution < 1.29 is 36.9 Å². The average molecular weight is 493 g/mol. The number of hydrogen-bond acceptors (Lipinski definition) is 11. The highest BCUT2D eigenvalue weighted by atomic mass is 35.5. The number of hydrogen-bond donors (Lipinski definition) is 3. The first-order valence-corrected chi connectivity index (χ1v) is 9.22. The van der Waals surface area contributed by atoms with Crippen LogP contribution < -0.4 is 10.8 Å². The Kier molecular flexibility index (Phi) is 7.28. The van der Waals surface area contributed by atoms with Gasteiger partial charge in [0, 0.05) is 13.1 Å². The lowest BCUT2D eigenvalue weighted by molar-refractivity contribution is -0.203. The molecule has 2 heterocycles. The number of amidine groups is 1. The lowest BCUT2D eigenvalue weighted by atomic mass is 10.2. The van der Waals surface area contributed by atoms with E-state index < -0.39 is 30.1 Å². The average Bonchev–Trinajstić information content (AvgIpc) is 3.21. The van der Waals surface area contributed by atoms with Crippen LogP contribution in [0.4, 0.5) is 23.2 Å². The normalized spacial score (nSPS) is 18.1. The van der Waals surface area contributed by atoms with Gasteiger partial charge in [-0.1, -0.05) is 16.8 Å². The molecule has 1 aromatic carbocycles. The molecular weight excluding hydrogens is 480 g/mol. The Balaban J connectivity index is 1.83. The molecule has 0 bridgehead atoms. The Morgan fingerprint density at radius 1 is 1.42 bits per heavy atom. The summed E-state index contributed by atoms with van der Waals surface area (Å²) in [5, 5.41) is 30.4. The van der Waals surface area contributed by atoms with Crippen LogP contribution in [0.2, 0.25) is 5.02 Å². The first-order valence-electron chi connectivity index (χ1n) is 8.85. The third kappa shape index (κ3) is 5.84. The summed E-state index contributed by atoms with van der Waals surface area (Å²) in [6.45, 7) is -0.164. The topological polar surface area (TPSA) is 152 Å². The zero-order valence-electron chi connectivity index (χ0n) is 16.2. The van der Waals surface area contributed by atoms with Crippen LogP contribution in [0.25, 0.3) is 0 Å². The number of carbonyl (C=O) groups is 1. The maximum absolute atomic E-state index is 13.4. The number of aliphatic hydroxyl groups is 1. The van der Waals surface area contributed by atoms with Gasteiger partial charge in [-0.3, -0.25) is 5.32 Å². The van der Waals surface area contributed by atoms with Gasteiger partial charge in [0.05, 0.1) is 17.3 Å². The number of hydrazine groups is 1. The molecule has 1 saturated heterocycles. The number of rotatable bonds is 7. The van der Waals surface area contributed by atoms with Gasteiger partial charge in [-0.2, -0.15) is 28.9 Å². The van der Waals surface area contributed by atoms with Crippen molar-refractivity contribution in [1.29, 1.82) is 5.26 Å². The van der Waals surface area contributed by atoms with Crippen LogP contribution in [0, 0.1) is 17.3 Å². The smallest absolute Gasteiger partial charge is 0.395 e. The number of benzene rings is 1. The van der Waals surface area contributed by atoms with Crippen molar-refractivity contribution in [3.05, 3.63) is 40.4 Å². The van der Waals surface area contributed by atoms with Crippen molar-refractivity contribution in [2.45, 2.75) is 19.0 Å². The third-order valence-electron chi connectivity index (χ3n) is 4.02. The number of carbonyl (C=O) groups excluding carboxylic acids is 1. The molecule has 2 aromatic rings. The van der Waals surface area contributed by atoms with E-state index >= 15 is 0 Å². The van der Waals surface area contributed by atoms with Gasteiger partial charge in [-0.15, -0.1) is 0 Å². The van der Waals surface area contributed by atoms with Crippen molar-refractivity contribution in [2.75, 3.05) is 13.2 Å². The Bertz CT molecular complexity index is 1090. The predicted octanol–water partition coefficient (Wildman–Crippen LogP) is 0.930. The lowest BCUT2D eigenvalue weighted by Crippen LogP contribution is -2.35. The Labute approximate surface area is 186 Å². The SMILES string of the molecule is N#CN1C(NCc2nonc2C(=Nc2ccc(F)c(Cl)c2)NOC(=O)C(F)(F)F)N1CCO. The fourth-order valence-corrected chi connectivity index (χ4v) is 2.67. The van der Waals surface area contributed by atoms with Crippen molar-refractivity contribution in [2.24, 2.45) is 4.99 Å². The van der Waals surface area contributed by atoms with E-state index in [9.17, 15) is 22.4 Å². The van der Waals surface area contributed by atoms with Crippen molar-refractivity contribution in [3.8, 4) is 6.19 Å². The van der Waals surface area contributed by atoms with Gasteiger partial charge < -0.3 is 9.94 Å². The monoisotopic (exact) mass is 492 g/mol. The Hall–Kier alpha value is -3.52. The number of nitrogens with zero attached hydrogens (tertiary/aromatic N) is 6. The van der Waals surface area contributed by atoms with Crippen LogP contribution in [0.5, 0.6) is 0 Å². The predicted molar refractivity (Wildman–Crippen MR) is 99.1 cm³/mol. The summed E-state index contributed by atoms with van der Waals surface area (Å²) in [5.74, 6) is -3.86. The van der Waals surface area contributed by atoms with Crippen LogP contribution in [0.3, 0.4) is 0 Å². The number of aliphatic imine (C=N–C) groups is 1. The molecule has 2 atom stereocenters. The van der Waals surface area contributed by atoms with Gasteiger partial charge in [0.2, 0.25) is 0 Å². The van der Waals surface area contributed by atoms with E-state index in [1.807, 2.05) is 6.19 Å². The molecule has 17 heteroatoms. The number of nitriles is 1. The van der Waals surface area contributed by atoms with Crippen molar-refractivity contribution >= 4 is 29.1 Å². The number of β-amino-alcohol motifs (C(OH)–C–C–N with tert-alkyl or cyclic N) is 1. The summed E-state index contributed by atoms with van der Waals surface area (Å²) in [6.07, 6.45) is -4.02. The summed E-state index contributed by atoms with van der Waals surface area (Å²) in [5.41, 5.74) is 1.48. The van der Waals surface area contributed by atoms with Crippen LogP contribution >= 0.6 is 11.6 Å². The molecular formula is C16H13ClF4N8O4. The Morgan fingerprint density at radius 3 is 2.82 bits per heavy atom. The van der Waals surface area contributed by atoms with Gasteiger partial charge in [0.1, 0.15) is 11.5 Å². The molecule has 176 valence electrons. The number of aliphatic hydroxyl groups excluding tert-OH is 1. The minimum atomic E-state index is -5.30. The summed E-state index contributed by atoms with van der Waals surface area (Å²) < 4.78 is 55.6. The number of aromatic nitrogens is 2. The number of nitrogens with one attached hydrogen (secondary N) is 2. The zero-order chi connectivity index (χ0) is 24.2.